The number of carbonyl (C=O) groups is 5. The summed E-state index contributed by atoms with van der Waals surface area (Å²) in [6.07, 6.45) is 8.04. The van der Waals surface area contributed by atoms with Gasteiger partial charge in [-0.25, -0.2) is 14.8 Å². The third-order valence-corrected chi connectivity index (χ3v) is 12.5. The van der Waals surface area contributed by atoms with Crippen LogP contribution < -0.4 is 36.8 Å². The third kappa shape index (κ3) is 11.2. The van der Waals surface area contributed by atoms with Crippen LogP contribution >= 0.6 is 11.6 Å². The quantitative estimate of drug-likeness (QED) is 0.0592. The molecule has 18 nitrogen and oxygen atoms in total. The lowest BCUT2D eigenvalue weighted by atomic mass is 9.91. The van der Waals surface area contributed by atoms with Crippen molar-refractivity contribution in [1.29, 1.82) is 0 Å². The van der Waals surface area contributed by atoms with E-state index < -0.39 is 11.9 Å². The number of nitrogens with zero attached hydrogens (tertiary/aromatic N) is 6. The molecule has 3 fully saturated rings. The second-order valence-corrected chi connectivity index (χ2v) is 16.9. The van der Waals surface area contributed by atoms with Crippen LogP contribution in [0.5, 0.6) is 0 Å². The number of nitrogens with one attached hydrogen (secondary N) is 6. The lowest BCUT2D eigenvalue weighted by Gasteiger charge is -2.37. The van der Waals surface area contributed by atoms with Gasteiger partial charge in [0, 0.05) is 82.4 Å². The van der Waals surface area contributed by atoms with Crippen LogP contribution in [0.3, 0.4) is 0 Å². The largest absolute Gasteiger partial charge is 0.379 e. The van der Waals surface area contributed by atoms with Gasteiger partial charge in [0.2, 0.25) is 17.8 Å². The molecule has 1 atom stereocenters. The zero-order chi connectivity index (χ0) is 46.0. The van der Waals surface area contributed by atoms with Crippen molar-refractivity contribution in [3.05, 3.63) is 94.3 Å². The van der Waals surface area contributed by atoms with Crippen LogP contribution in [0.4, 0.5) is 33.8 Å². The number of aromatic nitrogens is 3. The minimum Gasteiger partial charge on any atom is -0.379 e. The highest BCUT2D eigenvalue weighted by Crippen LogP contribution is 2.30. The Labute approximate surface area is 388 Å². The normalized spacial score (nSPS) is 19.3. The monoisotopic (exact) mass is 916 g/mol. The number of ether oxygens (including phenoxy) is 1. The predicted molar refractivity (Wildman–Crippen MR) is 249 cm³/mol. The summed E-state index contributed by atoms with van der Waals surface area (Å²) in [5.41, 5.74) is 3.82. The zero-order valence-corrected chi connectivity index (χ0v) is 37.5. The van der Waals surface area contributed by atoms with Gasteiger partial charge in [-0.1, -0.05) is 41.6 Å². The first-order valence-corrected chi connectivity index (χ1v) is 22.7. The maximum absolute atomic E-state index is 13.2. The molecule has 3 aliphatic heterocycles. The van der Waals surface area contributed by atoms with Crippen LogP contribution in [-0.4, -0.2) is 126 Å². The molecule has 6 amide bonds. The first-order chi connectivity index (χ1) is 32.1. The molecule has 6 N–H and O–H groups in total. The Morgan fingerprint density at radius 1 is 0.894 bits per heavy atom. The summed E-state index contributed by atoms with van der Waals surface area (Å²) in [6.45, 7) is 4.58. The molecule has 0 spiro atoms. The lowest BCUT2D eigenvalue weighted by Crippen LogP contribution is -2.54. The van der Waals surface area contributed by atoms with E-state index in [1.165, 1.54) is 11.1 Å². The van der Waals surface area contributed by atoms with Crippen molar-refractivity contribution in [2.24, 2.45) is 0 Å². The van der Waals surface area contributed by atoms with E-state index in [2.05, 4.69) is 63.6 Å². The maximum Gasteiger partial charge on any atom is 0.317 e. The summed E-state index contributed by atoms with van der Waals surface area (Å²) >= 11 is 6.39. The van der Waals surface area contributed by atoms with Crippen molar-refractivity contribution in [3.63, 3.8) is 0 Å². The fourth-order valence-electron chi connectivity index (χ4n) is 8.61. The Kier molecular flexibility index (Phi) is 14.9. The second kappa shape index (κ2) is 21.5. The number of halogens is 1. The number of amides is 6. The molecular weight excluding hydrogens is 864 g/mol. The summed E-state index contributed by atoms with van der Waals surface area (Å²) in [7, 11) is 1.57. The van der Waals surface area contributed by atoms with Crippen molar-refractivity contribution >= 4 is 70.2 Å². The Bertz CT molecular complexity index is 2500. The predicted octanol–water partition coefficient (Wildman–Crippen LogP) is 4.32. The van der Waals surface area contributed by atoms with Gasteiger partial charge in [-0.3, -0.25) is 24.5 Å². The molecule has 0 radical (unpaired) electrons. The molecule has 19 heteroatoms. The number of fused-ring (bicyclic) bond motifs is 1. The van der Waals surface area contributed by atoms with E-state index in [1.807, 2.05) is 29.2 Å². The third-order valence-electron chi connectivity index (χ3n) is 12.2. The van der Waals surface area contributed by atoms with Gasteiger partial charge in [-0.05, 0) is 74.1 Å². The number of urea groups is 1. The van der Waals surface area contributed by atoms with Crippen molar-refractivity contribution in [2.75, 3.05) is 68.5 Å². The molecule has 5 heterocycles. The molecule has 4 aromatic rings. The topological polar surface area (TPSA) is 215 Å². The van der Waals surface area contributed by atoms with E-state index in [-0.39, 0.29) is 36.2 Å². The van der Waals surface area contributed by atoms with Gasteiger partial charge < -0.3 is 46.0 Å². The van der Waals surface area contributed by atoms with Crippen LogP contribution in [-0.2, 0) is 20.9 Å². The first kappa shape index (κ1) is 45.7. The average Bonchev–Trinajstić information content (AvgIpc) is 3.67. The summed E-state index contributed by atoms with van der Waals surface area (Å²) in [4.78, 5) is 81.7. The molecule has 66 heavy (non-hydrogen) atoms. The number of carbonyl (C=O) groups excluding carboxylic acids is 5. The van der Waals surface area contributed by atoms with Gasteiger partial charge >= 0.3 is 6.03 Å². The van der Waals surface area contributed by atoms with E-state index in [0.29, 0.717) is 104 Å². The molecule has 344 valence electrons. The van der Waals surface area contributed by atoms with Gasteiger partial charge in [0.15, 0.2) is 5.82 Å². The summed E-state index contributed by atoms with van der Waals surface area (Å²) in [5.74, 6) is 6.61. The van der Waals surface area contributed by atoms with Crippen LogP contribution in [0, 0.1) is 11.8 Å². The Balaban J connectivity index is 0.695. The summed E-state index contributed by atoms with van der Waals surface area (Å²) in [6, 6.07) is 16.2. The van der Waals surface area contributed by atoms with E-state index in [4.69, 9.17) is 16.3 Å². The number of rotatable bonds is 14. The van der Waals surface area contributed by atoms with E-state index >= 15 is 0 Å². The molecule has 1 saturated carbocycles. The molecule has 2 aromatic carbocycles. The molecule has 8 rings (SSSR count). The van der Waals surface area contributed by atoms with Crippen LogP contribution in [0.25, 0.3) is 0 Å². The number of pyridine rings is 1. The van der Waals surface area contributed by atoms with Gasteiger partial charge in [0.1, 0.15) is 16.9 Å². The minimum atomic E-state index is -0.656. The molecule has 2 saturated heterocycles. The highest BCUT2D eigenvalue weighted by atomic mass is 35.5. The average molecular weight is 917 g/mol. The van der Waals surface area contributed by atoms with E-state index in [0.717, 1.165) is 49.2 Å². The van der Waals surface area contributed by atoms with Gasteiger partial charge in [0.05, 0.1) is 42.5 Å². The van der Waals surface area contributed by atoms with E-state index in [1.54, 1.807) is 43.6 Å². The van der Waals surface area contributed by atoms with Crippen LogP contribution in [0.2, 0.25) is 5.02 Å². The van der Waals surface area contributed by atoms with Crippen molar-refractivity contribution < 1.29 is 28.7 Å². The summed E-state index contributed by atoms with van der Waals surface area (Å²) in [5, 5.41) is 18.4. The number of imide groups is 1. The second-order valence-electron chi connectivity index (χ2n) is 16.5. The summed E-state index contributed by atoms with van der Waals surface area (Å²) < 4.78 is 5.83. The van der Waals surface area contributed by atoms with Crippen LogP contribution in [0.1, 0.15) is 76.8 Å². The Morgan fingerprint density at radius 3 is 2.47 bits per heavy atom. The standard InChI is InChI=1S/C47H53ClN12O6/c1-49-43(62)35-9-2-3-11-38(35)55-42-37(48)28-52-46(57-42)53-33-16-18-40(51-27-33)58-21-23-59(24-22-58)47(65)54-32-14-12-31(13-15-32)50-20-26-66-25-5-4-7-30-8-6-10-34-36(30)29-60(45(34)64)39-17-19-41(61)56-44(39)63/h2-3,6,8-11,16,18,27-28,31-32,39,50H,5,12-15,17,19-26,29H2,1H3,(H,49,62)(H,54,65)(H,56,61,63)(H2,52,53,55,57). The molecule has 0 bridgehead atoms. The number of hydrogen-bond acceptors (Lipinski definition) is 13. The fourth-order valence-corrected chi connectivity index (χ4v) is 8.75. The van der Waals surface area contributed by atoms with Crippen molar-refractivity contribution in [2.45, 2.75) is 69.6 Å². The maximum atomic E-state index is 13.2. The molecule has 1 aliphatic carbocycles. The van der Waals surface area contributed by atoms with Crippen LogP contribution in [0.15, 0.2) is 67.0 Å². The SMILES string of the molecule is CNC(=O)c1ccccc1Nc1nc(Nc2ccc(N3CCN(C(=O)NC4CCC(NCCOCCC#Cc5cccc6c5CN(C5CCC(=O)NC5=O)C6=O)CC4)CC3)nc2)ncc1Cl. The smallest absolute Gasteiger partial charge is 0.317 e. The number of piperidine rings is 1. The highest BCUT2D eigenvalue weighted by Gasteiger charge is 2.39. The first-order valence-electron chi connectivity index (χ1n) is 22.3. The van der Waals surface area contributed by atoms with Gasteiger partial charge in [-0.2, -0.15) is 4.98 Å². The number of anilines is 5. The molecule has 2 aromatic heterocycles. The zero-order valence-electron chi connectivity index (χ0n) is 36.7. The number of para-hydroxylation sites is 1. The Hall–Kier alpha value is -6.81. The molecule has 1 unspecified atom stereocenters. The minimum absolute atomic E-state index is 0.0247. The van der Waals surface area contributed by atoms with Crippen molar-refractivity contribution in [3.8, 4) is 11.8 Å². The van der Waals surface area contributed by atoms with E-state index in [9.17, 15) is 24.0 Å². The van der Waals surface area contributed by atoms with Gasteiger partial charge in [0.25, 0.3) is 11.8 Å². The fraction of sp³-hybridized carbons (Fsp3) is 0.404. The van der Waals surface area contributed by atoms with Gasteiger partial charge in [-0.15, -0.1) is 0 Å². The number of piperazine rings is 1. The molecular formula is C47H53ClN12O6. The highest BCUT2D eigenvalue weighted by molar-refractivity contribution is 6.33. The molecule has 4 aliphatic rings. The number of benzene rings is 2. The Morgan fingerprint density at radius 2 is 1.70 bits per heavy atom. The lowest BCUT2D eigenvalue weighted by molar-refractivity contribution is -0.136. The van der Waals surface area contributed by atoms with Crippen molar-refractivity contribution in [1.82, 2.24) is 46.0 Å². The number of hydrogen-bond donors (Lipinski definition) is 6.